The molecule has 76 valence electrons. The van der Waals surface area contributed by atoms with Crippen LogP contribution in [-0.2, 0) is 6.42 Å². The summed E-state index contributed by atoms with van der Waals surface area (Å²) < 4.78 is 13.4. The van der Waals surface area contributed by atoms with E-state index in [0.717, 1.165) is 18.4 Å². The highest BCUT2D eigenvalue weighted by atomic mass is 19.1. The van der Waals surface area contributed by atoms with Crippen molar-refractivity contribution in [3.8, 4) is 0 Å². The molecule has 14 heavy (non-hydrogen) atoms. The van der Waals surface area contributed by atoms with E-state index in [2.05, 4.69) is 6.92 Å². The van der Waals surface area contributed by atoms with Gasteiger partial charge in [-0.3, -0.25) is 0 Å². The smallest absolute Gasteiger partial charge is 0.126 e. The van der Waals surface area contributed by atoms with Gasteiger partial charge >= 0.3 is 0 Å². The monoisotopic (exact) mass is 193 g/mol. The van der Waals surface area contributed by atoms with Gasteiger partial charge in [0.05, 0.1) is 0 Å². The molecule has 2 rings (SSSR count). The van der Waals surface area contributed by atoms with Gasteiger partial charge in [-0.25, -0.2) is 4.39 Å². The Balaban J connectivity index is 2.35. The van der Waals surface area contributed by atoms with E-state index in [4.69, 9.17) is 5.73 Å². The Bertz CT molecular complexity index is 335. The third kappa shape index (κ3) is 1.44. The Labute approximate surface area is 84.1 Å². The van der Waals surface area contributed by atoms with Crippen LogP contribution in [0.5, 0.6) is 0 Å². The summed E-state index contributed by atoms with van der Waals surface area (Å²) in [6.45, 7) is 2.82. The van der Waals surface area contributed by atoms with Gasteiger partial charge in [-0.2, -0.15) is 0 Å². The quantitative estimate of drug-likeness (QED) is 0.767. The number of hydrogen-bond donors (Lipinski definition) is 1. The van der Waals surface area contributed by atoms with Crippen LogP contribution in [0.4, 0.5) is 4.39 Å². The van der Waals surface area contributed by atoms with Gasteiger partial charge < -0.3 is 5.73 Å². The highest BCUT2D eigenvalue weighted by Crippen LogP contribution is 2.38. The topological polar surface area (TPSA) is 26.0 Å². The summed E-state index contributed by atoms with van der Waals surface area (Å²) in [7, 11) is 0. The molecule has 1 aromatic rings. The van der Waals surface area contributed by atoms with Crippen molar-refractivity contribution < 1.29 is 4.39 Å². The molecule has 2 atom stereocenters. The average Bonchev–Trinajstić information content (AvgIpc) is 2.62. The predicted molar refractivity (Wildman–Crippen MR) is 55.7 cm³/mol. The largest absolute Gasteiger partial charge is 0.330 e. The number of rotatable bonds is 2. The molecule has 0 radical (unpaired) electrons. The Morgan fingerprint density at radius 3 is 3.07 bits per heavy atom. The van der Waals surface area contributed by atoms with Crippen LogP contribution < -0.4 is 5.73 Å². The fraction of sp³-hybridized carbons (Fsp3) is 0.500. The highest BCUT2D eigenvalue weighted by molar-refractivity contribution is 5.36. The van der Waals surface area contributed by atoms with E-state index in [1.807, 2.05) is 6.07 Å². The summed E-state index contributed by atoms with van der Waals surface area (Å²) >= 11 is 0. The minimum Gasteiger partial charge on any atom is -0.330 e. The number of hydrogen-bond acceptors (Lipinski definition) is 1. The lowest BCUT2D eigenvalue weighted by Gasteiger charge is -2.18. The maximum Gasteiger partial charge on any atom is 0.126 e. The normalized spacial score (nSPS) is 22.1. The maximum absolute atomic E-state index is 13.4. The molecule has 0 fully saturated rings. The molecule has 2 N–H and O–H groups in total. The molecule has 0 aromatic heterocycles. The molecular formula is C12H16FN. The molecular weight excluding hydrogens is 177 g/mol. The van der Waals surface area contributed by atoms with Crippen LogP contribution in [0.1, 0.15) is 30.4 Å². The van der Waals surface area contributed by atoms with Gasteiger partial charge in [0, 0.05) is 0 Å². The van der Waals surface area contributed by atoms with Crippen LogP contribution in [0.25, 0.3) is 0 Å². The Hall–Kier alpha value is -0.890. The van der Waals surface area contributed by atoms with E-state index in [9.17, 15) is 4.39 Å². The summed E-state index contributed by atoms with van der Waals surface area (Å²) in [5, 5.41) is 0. The molecule has 2 unspecified atom stereocenters. The summed E-state index contributed by atoms with van der Waals surface area (Å²) in [4.78, 5) is 0. The first-order chi connectivity index (χ1) is 6.74. The Morgan fingerprint density at radius 2 is 2.36 bits per heavy atom. The second kappa shape index (κ2) is 3.70. The first kappa shape index (κ1) is 9.66. The van der Waals surface area contributed by atoms with E-state index >= 15 is 0 Å². The molecule has 0 amide bonds. The molecule has 0 aliphatic heterocycles. The van der Waals surface area contributed by atoms with Crippen molar-refractivity contribution in [2.45, 2.75) is 25.7 Å². The summed E-state index contributed by atoms with van der Waals surface area (Å²) in [5.41, 5.74) is 7.75. The van der Waals surface area contributed by atoms with E-state index < -0.39 is 0 Å². The molecule has 0 spiro atoms. The second-order valence-corrected chi connectivity index (χ2v) is 4.17. The van der Waals surface area contributed by atoms with Crippen molar-refractivity contribution >= 4 is 0 Å². The van der Waals surface area contributed by atoms with Crippen LogP contribution in [0.2, 0.25) is 0 Å². The zero-order chi connectivity index (χ0) is 10.1. The first-order valence-corrected chi connectivity index (χ1v) is 5.21. The predicted octanol–water partition coefficient (Wildman–Crippen LogP) is 2.45. The molecule has 1 aromatic carbocycles. The molecule has 1 nitrogen and oxygen atoms in total. The zero-order valence-corrected chi connectivity index (χ0v) is 8.46. The first-order valence-electron chi connectivity index (χ1n) is 5.21. The minimum absolute atomic E-state index is 0.0470. The molecule has 1 aliphatic rings. The van der Waals surface area contributed by atoms with Gasteiger partial charge in [0.1, 0.15) is 5.82 Å². The van der Waals surface area contributed by atoms with Gasteiger partial charge in [-0.05, 0) is 48.4 Å². The molecule has 2 heteroatoms. The van der Waals surface area contributed by atoms with Crippen molar-refractivity contribution in [3.63, 3.8) is 0 Å². The van der Waals surface area contributed by atoms with E-state index in [1.165, 1.54) is 5.56 Å². The van der Waals surface area contributed by atoms with Crippen LogP contribution in [-0.4, -0.2) is 6.54 Å². The summed E-state index contributed by atoms with van der Waals surface area (Å²) in [6.07, 6.45) is 1.92. The molecule has 0 bridgehead atoms. The second-order valence-electron chi connectivity index (χ2n) is 4.17. The molecule has 0 saturated heterocycles. The van der Waals surface area contributed by atoms with Gasteiger partial charge in [-0.15, -0.1) is 0 Å². The lowest BCUT2D eigenvalue weighted by molar-refractivity contribution is 0.466. The fourth-order valence-corrected chi connectivity index (χ4v) is 2.40. The lowest BCUT2D eigenvalue weighted by Crippen LogP contribution is -2.17. The van der Waals surface area contributed by atoms with Gasteiger partial charge in [0.15, 0.2) is 0 Å². The number of halogens is 1. The van der Waals surface area contributed by atoms with Crippen molar-refractivity contribution in [2.75, 3.05) is 6.54 Å². The average molecular weight is 193 g/mol. The van der Waals surface area contributed by atoms with Crippen LogP contribution in [0.15, 0.2) is 18.2 Å². The maximum atomic E-state index is 13.4. The molecule has 0 heterocycles. The fourth-order valence-electron chi connectivity index (χ4n) is 2.40. The number of benzene rings is 1. The number of nitrogens with two attached hydrogens (primary N) is 1. The van der Waals surface area contributed by atoms with E-state index in [0.29, 0.717) is 18.4 Å². The molecule has 1 aliphatic carbocycles. The van der Waals surface area contributed by atoms with Crippen LogP contribution in [0, 0.1) is 11.7 Å². The van der Waals surface area contributed by atoms with Gasteiger partial charge in [0.2, 0.25) is 0 Å². The highest BCUT2D eigenvalue weighted by Gasteiger charge is 2.27. The number of fused-ring (bicyclic) bond motifs is 1. The van der Waals surface area contributed by atoms with Gasteiger partial charge in [-0.1, -0.05) is 19.1 Å². The minimum atomic E-state index is -0.0470. The Morgan fingerprint density at radius 1 is 1.57 bits per heavy atom. The van der Waals surface area contributed by atoms with E-state index in [-0.39, 0.29) is 5.82 Å². The summed E-state index contributed by atoms with van der Waals surface area (Å²) in [5.74, 6) is 0.873. The Kier molecular flexibility index (Phi) is 2.55. The third-order valence-electron chi connectivity index (χ3n) is 3.32. The zero-order valence-electron chi connectivity index (χ0n) is 8.46. The van der Waals surface area contributed by atoms with Gasteiger partial charge in [0.25, 0.3) is 0 Å². The lowest BCUT2D eigenvalue weighted by atomic mass is 9.89. The van der Waals surface area contributed by atoms with Crippen molar-refractivity contribution in [1.29, 1.82) is 0 Å². The van der Waals surface area contributed by atoms with Crippen molar-refractivity contribution in [3.05, 3.63) is 35.1 Å². The SMILES string of the molecule is CC(CN)C1CCc2c(F)cccc21. The third-order valence-corrected chi connectivity index (χ3v) is 3.32. The van der Waals surface area contributed by atoms with Crippen molar-refractivity contribution in [1.82, 2.24) is 0 Å². The van der Waals surface area contributed by atoms with E-state index in [1.54, 1.807) is 12.1 Å². The standard InChI is InChI=1S/C12H16FN/c1-8(7-14)9-5-6-11-10(9)3-2-4-12(11)13/h2-4,8-9H,5-7,14H2,1H3. The summed E-state index contributed by atoms with van der Waals surface area (Å²) in [6, 6.07) is 5.40. The van der Waals surface area contributed by atoms with Crippen LogP contribution >= 0.6 is 0 Å². The molecule has 0 saturated carbocycles. The van der Waals surface area contributed by atoms with Crippen molar-refractivity contribution in [2.24, 2.45) is 11.7 Å². The van der Waals surface area contributed by atoms with Crippen LogP contribution in [0.3, 0.4) is 0 Å².